The lowest BCUT2D eigenvalue weighted by atomic mass is 9.61. The Bertz CT molecular complexity index is 3580. The molecule has 6 aliphatic carbocycles. The van der Waals surface area contributed by atoms with Crippen molar-refractivity contribution in [2.24, 2.45) is 69.5 Å². The predicted molar refractivity (Wildman–Crippen MR) is 499 cm³/mol. The molecule has 17 heteroatoms. The Morgan fingerprint density at radius 1 is 0.430 bits per heavy atom. The SMILES string of the molecule is C.CC(C)(O)CCC[C@@H](CS(=O)(=O)c1ccccc1)C1CCC2[C@@H](O[Si](C)(C)C(C)(C)C)CCC[C@]12C.CC(C)(O)CCC[C@@H](CSc1ccccc1)C1CCC2[C@@H](O[Si](C)(C)C(C)(C)C)CCC[C@]12C.CC[Si](CC)(CC)OC(C)(C)CCC[C@@H](CS(=O)(=O)c1ccccc1)C1CCC2[C@@H](O[Si](C)(C)C(C)(C)C)CCC[C@]12C. The highest BCUT2D eigenvalue weighted by Crippen LogP contribution is 2.64. The van der Waals surface area contributed by atoms with Crippen molar-refractivity contribution in [2.75, 3.05) is 17.3 Å². The van der Waals surface area contributed by atoms with Crippen molar-refractivity contribution in [2.45, 2.75) is 429 Å². The average molecular weight is 1710 g/mol. The second-order valence-electron chi connectivity index (χ2n) is 44.3. The number of hydrogen-bond donors (Lipinski definition) is 2. The van der Waals surface area contributed by atoms with Crippen LogP contribution in [0.5, 0.6) is 0 Å². The van der Waals surface area contributed by atoms with E-state index in [1.807, 2.05) is 75.9 Å². The molecule has 0 spiro atoms. The number of hydrogen-bond acceptors (Lipinski definition) is 11. The maximum absolute atomic E-state index is 13.9. The number of aliphatic hydroxyl groups is 2. The maximum Gasteiger partial charge on any atom is 0.192 e. The van der Waals surface area contributed by atoms with E-state index < -0.39 is 64.1 Å². The Morgan fingerprint density at radius 3 is 1.02 bits per heavy atom. The van der Waals surface area contributed by atoms with Gasteiger partial charge in [-0.25, -0.2) is 16.8 Å². The molecule has 3 aromatic rings. The van der Waals surface area contributed by atoms with Gasteiger partial charge in [0.25, 0.3) is 0 Å². The third kappa shape index (κ3) is 26.5. The Hall–Kier alpha value is -1.46. The zero-order valence-electron chi connectivity index (χ0n) is 77.2. The van der Waals surface area contributed by atoms with Crippen molar-refractivity contribution in [3.8, 4) is 0 Å². The molecule has 0 aliphatic heterocycles. The lowest BCUT2D eigenvalue weighted by Gasteiger charge is -2.50. The van der Waals surface area contributed by atoms with Crippen LogP contribution >= 0.6 is 11.8 Å². The van der Waals surface area contributed by atoms with Gasteiger partial charge >= 0.3 is 0 Å². The molecule has 9 rings (SSSR count). The minimum absolute atomic E-state index is 0. The first-order valence-electron chi connectivity index (χ1n) is 45.5. The van der Waals surface area contributed by atoms with Crippen molar-refractivity contribution >= 4 is 64.7 Å². The fourth-order valence-corrected chi connectivity index (χ4v) is 33.8. The van der Waals surface area contributed by atoms with Crippen LogP contribution in [0.2, 0.25) is 72.5 Å². The molecular weight excluding hydrogens is 1530 g/mol. The zero-order valence-corrected chi connectivity index (χ0v) is 83.6. The van der Waals surface area contributed by atoms with Crippen LogP contribution in [0.15, 0.2) is 106 Å². The molecule has 15 atom stereocenters. The highest BCUT2D eigenvalue weighted by molar-refractivity contribution is 7.99. The van der Waals surface area contributed by atoms with E-state index in [4.69, 9.17) is 17.7 Å². The van der Waals surface area contributed by atoms with Gasteiger partial charge in [0.1, 0.15) is 0 Å². The average Bonchev–Trinajstić information content (AvgIpc) is 1.58. The highest BCUT2D eigenvalue weighted by atomic mass is 32.2. The van der Waals surface area contributed by atoms with Crippen LogP contribution in [-0.4, -0.2) is 113 Å². The third-order valence-electron chi connectivity index (χ3n) is 31.7. The van der Waals surface area contributed by atoms with Gasteiger partial charge in [0.15, 0.2) is 52.9 Å². The van der Waals surface area contributed by atoms with E-state index in [9.17, 15) is 27.0 Å². The first-order chi connectivity index (χ1) is 52.0. The minimum atomic E-state index is -3.38. The molecule has 6 fully saturated rings. The second-order valence-corrected chi connectivity index (χ2v) is 68.4. The molecule has 114 heavy (non-hydrogen) atoms. The second kappa shape index (κ2) is 40.5. The van der Waals surface area contributed by atoms with Crippen LogP contribution in [-0.2, 0) is 37.4 Å². The Labute approximate surface area is 711 Å². The van der Waals surface area contributed by atoms with Crippen LogP contribution in [0.25, 0.3) is 0 Å². The lowest BCUT2D eigenvalue weighted by molar-refractivity contribution is -0.0217. The molecule has 0 aromatic heterocycles. The molecule has 2 N–H and O–H groups in total. The maximum atomic E-state index is 13.9. The van der Waals surface area contributed by atoms with Crippen LogP contribution in [0.4, 0.5) is 0 Å². The molecule has 10 nitrogen and oxygen atoms in total. The van der Waals surface area contributed by atoms with E-state index >= 15 is 0 Å². The molecule has 0 saturated heterocycles. The summed E-state index contributed by atoms with van der Waals surface area (Å²) in [4.78, 5) is 2.29. The van der Waals surface area contributed by atoms with E-state index in [2.05, 4.69) is 187 Å². The summed E-state index contributed by atoms with van der Waals surface area (Å²) >= 11 is 2.04. The molecule has 0 amide bonds. The van der Waals surface area contributed by atoms with Gasteiger partial charge in [0, 0.05) is 29.0 Å². The van der Waals surface area contributed by atoms with E-state index in [-0.39, 0.29) is 68.4 Å². The van der Waals surface area contributed by atoms with E-state index in [0.717, 1.165) is 120 Å². The van der Waals surface area contributed by atoms with Crippen molar-refractivity contribution in [1.29, 1.82) is 0 Å². The fourth-order valence-electron chi connectivity index (χ4n) is 21.8. The third-order valence-corrected chi connectivity index (χ3v) is 54.9. The number of thioether (sulfide) groups is 1. The molecule has 0 radical (unpaired) electrons. The molecular formula is C97H174O10S3Si4. The van der Waals surface area contributed by atoms with Gasteiger partial charge in [-0.3, -0.25) is 0 Å². The highest BCUT2D eigenvalue weighted by Gasteiger charge is 2.59. The fraction of sp³-hybridized carbons (Fsp3) is 0.814. The quantitative estimate of drug-likeness (QED) is 0.0429. The molecule has 0 heterocycles. The molecule has 3 aromatic carbocycles. The molecule has 6 aliphatic rings. The summed E-state index contributed by atoms with van der Waals surface area (Å²) in [6.45, 7) is 62.0. The van der Waals surface area contributed by atoms with Gasteiger partial charge in [-0.05, 0) is 336 Å². The number of fused-ring (bicyclic) bond motifs is 3. The van der Waals surface area contributed by atoms with Crippen LogP contribution in [0.3, 0.4) is 0 Å². The Morgan fingerprint density at radius 2 is 0.719 bits per heavy atom. The standard InChI is InChI=1S/C36H66O4SSi2.C30H52O4SSi.C30H52O2SSi.CH4/c1-12-43(13-2,14-3)40-35(7,8)26-18-20-29(28-41(37,38)30-21-16-15-17-22-30)31-24-25-32-33(23-19-27-36(31,32)9)39-42(10,11)34(4,5)6;1-28(2,3)36(7,8)34-27-17-13-21-30(6)25(18-19-26(27)30)23(14-12-20-29(4,5)31)22-35(32,33)24-15-10-9-11-16-24;1-28(2,3)34(7,8)32-27-17-13-21-30(6)25(18-19-26(27)30)23(14-12-20-29(4,5)31)22-33-24-15-10-9-11-16-24;/h15-17,21-22,29,31-33H,12-14,18-20,23-28H2,1-11H3;9-11,15-16,23,25-27,31H,12-14,17-22H2,1-8H3;9-11,15-16,23,25-27,31H,12-14,17-22H2,1-8H3;1H4/t29-,31?,32?,33-,36+;2*23-,25?,26?,27-,30+;/m000./s1. The Balaban J connectivity index is 0.000000267. The van der Waals surface area contributed by atoms with Crippen LogP contribution in [0, 0.1) is 69.5 Å². The van der Waals surface area contributed by atoms with Gasteiger partial charge in [-0.15, -0.1) is 11.8 Å². The first-order valence-corrected chi connectivity index (χ1v) is 61.0. The summed E-state index contributed by atoms with van der Waals surface area (Å²) in [6.07, 6.45) is 27.6. The van der Waals surface area contributed by atoms with Gasteiger partial charge in [-0.1, -0.05) is 204 Å². The van der Waals surface area contributed by atoms with Crippen molar-refractivity contribution in [3.63, 3.8) is 0 Å². The monoisotopic (exact) mass is 1710 g/mol. The smallest absolute Gasteiger partial charge is 0.192 e. The summed E-state index contributed by atoms with van der Waals surface area (Å²) in [5, 5.41) is 21.3. The Kier molecular flexibility index (Phi) is 36.0. The summed E-state index contributed by atoms with van der Waals surface area (Å²) in [7, 11) is -14.0. The molecule has 6 unspecified atom stereocenters. The van der Waals surface area contributed by atoms with Crippen LogP contribution in [0.1, 0.15) is 307 Å². The summed E-state index contributed by atoms with van der Waals surface area (Å²) < 4.78 is 83.0. The summed E-state index contributed by atoms with van der Waals surface area (Å²) in [6, 6.07) is 32.5. The van der Waals surface area contributed by atoms with Gasteiger partial charge in [-0.2, -0.15) is 0 Å². The van der Waals surface area contributed by atoms with Gasteiger partial charge < -0.3 is 27.9 Å². The van der Waals surface area contributed by atoms with E-state index in [1.165, 1.54) is 62.0 Å². The zero-order chi connectivity index (χ0) is 84.5. The van der Waals surface area contributed by atoms with Crippen LogP contribution < -0.4 is 0 Å². The predicted octanol–water partition coefficient (Wildman–Crippen LogP) is 27.9. The molecule has 656 valence electrons. The number of sulfone groups is 2. The van der Waals surface area contributed by atoms with Crippen molar-refractivity contribution in [3.05, 3.63) is 91.0 Å². The van der Waals surface area contributed by atoms with Crippen molar-refractivity contribution < 1.29 is 44.8 Å². The van der Waals surface area contributed by atoms with Gasteiger partial charge in [0.2, 0.25) is 0 Å². The van der Waals surface area contributed by atoms with E-state index in [1.54, 1.807) is 24.3 Å². The lowest BCUT2D eigenvalue weighted by Crippen LogP contribution is -2.50. The topological polar surface area (TPSA) is 146 Å². The summed E-state index contributed by atoms with van der Waals surface area (Å²) in [5.41, 5.74) is -0.835. The molecule has 0 bridgehead atoms. The molecule has 6 saturated carbocycles. The first kappa shape index (κ1) is 101. The number of rotatable bonds is 35. The normalized spacial score (nSPS) is 27.7. The number of benzene rings is 3. The van der Waals surface area contributed by atoms with E-state index in [0.29, 0.717) is 69.3 Å². The van der Waals surface area contributed by atoms with Crippen molar-refractivity contribution in [1.82, 2.24) is 0 Å². The largest absolute Gasteiger partial charge is 0.414 e. The minimum Gasteiger partial charge on any atom is -0.414 e. The summed E-state index contributed by atoms with van der Waals surface area (Å²) in [5.74, 6) is 5.85. The van der Waals surface area contributed by atoms with Gasteiger partial charge in [0.05, 0.1) is 38.1 Å².